The van der Waals surface area contributed by atoms with E-state index in [1.165, 1.54) is 6.92 Å². The number of carbonyl (C=O) groups is 2. The van der Waals surface area contributed by atoms with Crippen molar-refractivity contribution in [1.29, 1.82) is 0 Å². The van der Waals surface area contributed by atoms with Crippen molar-refractivity contribution < 1.29 is 14.3 Å². The molecule has 114 valence electrons. The third-order valence-corrected chi connectivity index (χ3v) is 3.92. The van der Waals surface area contributed by atoms with Crippen LogP contribution in [0.5, 0.6) is 5.75 Å². The third-order valence-electron chi connectivity index (χ3n) is 3.07. The number of benzene rings is 2. The Hall–Kier alpha value is -2.14. The molecule has 2 aromatic rings. The third kappa shape index (κ3) is 4.43. The van der Waals surface area contributed by atoms with Crippen LogP contribution in [0.1, 0.15) is 22.8 Å². The highest BCUT2D eigenvalue weighted by molar-refractivity contribution is 9.10. The largest absolute Gasteiger partial charge is 0.484 e. The molecule has 0 bridgehead atoms. The van der Waals surface area contributed by atoms with E-state index in [2.05, 4.69) is 21.2 Å². The number of ketones is 1. The smallest absolute Gasteiger partial charge is 0.262 e. The molecule has 22 heavy (non-hydrogen) atoms. The first-order valence-electron chi connectivity index (χ1n) is 6.75. The topological polar surface area (TPSA) is 55.4 Å². The summed E-state index contributed by atoms with van der Waals surface area (Å²) in [6, 6.07) is 12.3. The van der Waals surface area contributed by atoms with E-state index in [0.717, 1.165) is 10.0 Å². The van der Waals surface area contributed by atoms with Gasteiger partial charge in [0, 0.05) is 15.7 Å². The van der Waals surface area contributed by atoms with Gasteiger partial charge in [-0.05, 0) is 43.7 Å². The molecule has 0 fully saturated rings. The molecule has 4 nitrogen and oxygen atoms in total. The number of nitrogens with one attached hydrogen (secondary N) is 1. The first-order chi connectivity index (χ1) is 10.5. The summed E-state index contributed by atoms with van der Waals surface area (Å²) in [6.45, 7) is 3.34. The molecule has 0 aliphatic carbocycles. The van der Waals surface area contributed by atoms with Crippen LogP contribution >= 0.6 is 15.9 Å². The SMILES string of the molecule is CC(=O)c1cccc(OCC(=O)Nc2ccc(C)c(Br)c2)c1. The normalized spacial score (nSPS) is 10.1. The van der Waals surface area contributed by atoms with E-state index >= 15 is 0 Å². The van der Waals surface area contributed by atoms with E-state index in [4.69, 9.17) is 4.74 Å². The summed E-state index contributed by atoms with van der Waals surface area (Å²) < 4.78 is 6.34. The minimum atomic E-state index is -0.260. The van der Waals surface area contributed by atoms with Gasteiger partial charge in [-0.15, -0.1) is 0 Å². The van der Waals surface area contributed by atoms with Crippen LogP contribution in [0.4, 0.5) is 5.69 Å². The highest BCUT2D eigenvalue weighted by Crippen LogP contribution is 2.20. The number of hydrogen-bond acceptors (Lipinski definition) is 3. The van der Waals surface area contributed by atoms with Crippen LogP contribution in [-0.4, -0.2) is 18.3 Å². The van der Waals surface area contributed by atoms with Gasteiger partial charge < -0.3 is 10.1 Å². The molecule has 0 radical (unpaired) electrons. The van der Waals surface area contributed by atoms with Gasteiger partial charge in [0.05, 0.1) is 0 Å². The zero-order valence-corrected chi connectivity index (χ0v) is 13.9. The maximum atomic E-state index is 11.9. The number of ether oxygens (including phenoxy) is 1. The number of aryl methyl sites for hydroxylation is 1. The van der Waals surface area contributed by atoms with Gasteiger partial charge in [0.25, 0.3) is 5.91 Å². The van der Waals surface area contributed by atoms with E-state index in [1.54, 1.807) is 24.3 Å². The first-order valence-corrected chi connectivity index (χ1v) is 7.55. The van der Waals surface area contributed by atoms with Crippen molar-refractivity contribution in [2.45, 2.75) is 13.8 Å². The van der Waals surface area contributed by atoms with Gasteiger partial charge in [0.15, 0.2) is 12.4 Å². The lowest BCUT2D eigenvalue weighted by Crippen LogP contribution is -2.20. The first kappa shape index (κ1) is 16.2. The van der Waals surface area contributed by atoms with E-state index in [0.29, 0.717) is 17.0 Å². The maximum absolute atomic E-state index is 11.9. The highest BCUT2D eigenvalue weighted by atomic mass is 79.9. The Kier molecular flexibility index (Phi) is 5.33. The van der Waals surface area contributed by atoms with Crippen molar-refractivity contribution in [2.24, 2.45) is 0 Å². The second kappa shape index (κ2) is 7.22. The molecule has 1 amide bonds. The van der Waals surface area contributed by atoms with Crippen molar-refractivity contribution in [3.63, 3.8) is 0 Å². The lowest BCUT2D eigenvalue weighted by Gasteiger charge is -2.09. The standard InChI is InChI=1S/C17H16BrNO3/c1-11-6-7-14(9-16(11)18)19-17(21)10-22-15-5-3-4-13(8-15)12(2)20/h3-9H,10H2,1-2H3,(H,19,21). The summed E-state index contributed by atoms with van der Waals surface area (Å²) in [6.07, 6.45) is 0. The predicted molar refractivity (Wildman–Crippen MR) is 89.5 cm³/mol. The fourth-order valence-electron chi connectivity index (χ4n) is 1.82. The molecule has 0 unspecified atom stereocenters. The van der Waals surface area contributed by atoms with Crippen molar-refractivity contribution >= 4 is 33.3 Å². The highest BCUT2D eigenvalue weighted by Gasteiger charge is 2.06. The van der Waals surface area contributed by atoms with Crippen LogP contribution in [0, 0.1) is 6.92 Å². The summed E-state index contributed by atoms with van der Waals surface area (Å²) in [4.78, 5) is 23.2. The minimum absolute atomic E-state index is 0.0422. The fourth-order valence-corrected chi connectivity index (χ4v) is 2.20. The molecule has 0 atom stereocenters. The van der Waals surface area contributed by atoms with Crippen molar-refractivity contribution in [2.75, 3.05) is 11.9 Å². The summed E-state index contributed by atoms with van der Waals surface area (Å²) in [7, 11) is 0. The number of Topliss-reactive ketones (excluding diaryl/α,β-unsaturated/α-hetero) is 1. The van der Waals surface area contributed by atoms with Gasteiger partial charge in [0.2, 0.25) is 0 Å². The molecule has 5 heteroatoms. The molecule has 0 aliphatic heterocycles. The molecule has 0 spiro atoms. The molecular weight excluding hydrogens is 346 g/mol. The second-order valence-electron chi connectivity index (χ2n) is 4.88. The number of amides is 1. The Labute approximate surface area is 137 Å². The Balaban J connectivity index is 1.94. The van der Waals surface area contributed by atoms with Crippen molar-refractivity contribution in [1.82, 2.24) is 0 Å². The molecule has 0 saturated heterocycles. The van der Waals surface area contributed by atoms with Gasteiger partial charge >= 0.3 is 0 Å². The molecule has 0 saturated carbocycles. The minimum Gasteiger partial charge on any atom is -0.484 e. The molecule has 2 rings (SSSR count). The molecule has 0 heterocycles. The Bertz CT molecular complexity index is 713. The van der Waals surface area contributed by atoms with Crippen LogP contribution in [0.15, 0.2) is 46.9 Å². The van der Waals surface area contributed by atoms with Gasteiger partial charge in [-0.25, -0.2) is 0 Å². The number of carbonyl (C=O) groups excluding carboxylic acids is 2. The monoisotopic (exact) mass is 361 g/mol. The van der Waals surface area contributed by atoms with Gasteiger partial charge in [-0.1, -0.05) is 34.1 Å². The Morgan fingerprint density at radius 2 is 1.95 bits per heavy atom. The lowest BCUT2D eigenvalue weighted by molar-refractivity contribution is -0.118. The van der Waals surface area contributed by atoms with Crippen molar-refractivity contribution in [3.8, 4) is 5.75 Å². The maximum Gasteiger partial charge on any atom is 0.262 e. The number of halogens is 1. The molecule has 2 aromatic carbocycles. The summed E-state index contributed by atoms with van der Waals surface area (Å²) >= 11 is 3.42. The van der Waals surface area contributed by atoms with E-state index < -0.39 is 0 Å². The quantitative estimate of drug-likeness (QED) is 0.819. The average Bonchev–Trinajstić information content (AvgIpc) is 2.49. The molecule has 0 aliphatic rings. The summed E-state index contributed by atoms with van der Waals surface area (Å²) in [5.74, 6) is 0.191. The zero-order valence-electron chi connectivity index (χ0n) is 12.4. The number of anilines is 1. The van der Waals surface area contributed by atoms with Crippen LogP contribution in [0.3, 0.4) is 0 Å². The molecular formula is C17H16BrNO3. The average molecular weight is 362 g/mol. The van der Waals surface area contributed by atoms with E-state index in [9.17, 15) is 9.59 Å². The Morgan fingerprint density at radius 3 is 2.64 bits per heavy atom. The number of hydrogen-bond donors (Lipinski definition) is 1. The van der Waals surface area contributed by atoms with Gasteiger partial charge in [-0.3, -0.25) is 9.59 Å². The van der Waals surface area contributed by atoms with Crippen LogP contribution < -0.4 is 10.1 Å². The fraction of sp³-hybridized carbons (Fsp3) is 0.176. The van der Waals surface area contributed by atoms with Crippen LogP contribution in [-0.2, 0) is 4.79 Å². The van der Waals surface area contributed by atoms with Gasteiger partial charge in [-0.2, -0.15) is 0 Å². The molecule has 1 N–H and O–H groups in total. The lowest BCUT2D eigenvalue weighted by atomic mass is 10.1. The van der Waals surface area contributed by atoms with Crippen LogP contribution in [0.25, 0.3) is 0 Å². The van der Waals surface area contributed by atoms with E-state index in [1.807, 2.05) is 25.1 Å². The van der Waals surface area contributed by atoms with Crippen LogP contribution in [0.2, 0.25) is 0 Å². The summed E-state index contributed by atoms with van der Waals surface area (Å²) in [5, 5.41) is 2.76. The Morgan fingerprint density at radius 1 is 1.18 bits per heavy atom. The number of rotatable bonds is 5. The second-order valence-corrected chi connectivity index (χ2v) is 5.74. The van der Waals surface area contributed by atoms with Gasteiger partial charge in [0.1, 0.15) is 5.75 Å². The predicted octanol–water partition coefficient (Wildman–Crippen LogP) is 3.98. The zero-order chi connectivity index (χ0) is 16.1. The summed E-state index contributed by atoms with van der Waals surface area (Å²) in [5.41, 5.74) is 2.35. The van der Waals surface area contributed by atoms with Crippen molar-refractivity contribution in [3.05, 3.63) is 58.1 Å². The van der Waals surface area contributed by atoms with E-state index in [-0.39, 0.29) is 18.3 Å². The molecule has 0 aromatic heterocycles.